The molecule has 2 aromatic rings. The maximum absolute atomic E-state index is 2.36. The summed E-state index contributed by atoms with van der Waals surface area (Å²) in [5.41, 5.74) is 0. The summed E-state index contributed by atoms with van der Waals surface area (Å²) in [6.07, 6.45) is 0. The van der Waals surface area contributed by atoms with E-state index in [-0.39, 0.29) is 0 Å². The van der Waals surface area contributed by atoms with Crippen LogP contribution in [0.2, 0.25) is 0 Å². The molecule has 0 aliphatic heterocycles. The van der Waals surface area contributed by atoms with E-state index in [4.69, 9.17) is 0 Å². The molecule has 2 rings (SSSR count). The van der Waals surface area contributed by atoms with Crippen LogP contribution in [0.4, 0.5) is 0 Å². The standard InChI is InChI=1S/C14H18Se2/c1-9(2)11-5-7-13(15-11)14-8-6-12(16-14)10(3)4/h5-10H,1-4H3. The Hall–Kier alpha value is -0.00104. The number of hydrogen-bond donors (Lipinski definition) is 0. The predicted octanol–water partition coefficient (Wildman–Crippen LogP) is 3.71. The van der Waals surface area contributed by atoms with E-state index in [1.54, 1.807) is 17.7 Å². The van der Waals surface area contributed by atoms with Gasteiger partial charge in [0, 0.05) is 0 Å². The van der Waals surface area contributed by atoms with Crippen LogP contribution in [0, 0.1) is 0 Å². The van der Waals surface area contributed by atoms with Gasteiger partial charge in [-0.25, -0.2) is 0 Å². The number of rotatable bonds is 3. The van der Waals surface area contributed by atoms with Crippen LogP contribution in [0.15, 0.2) is 24.3 Å². The molecule has 0 nitrogen and oxygen atoms in total. The molecule has 2 heteroatoms. The van der Waals surface area contributed by atoms with Crippen molar-refractivity contribution in [3.63, 3.8) is 0 Å². The van der Waals surface area contributed by atoms with Gasteiger partial charge in [-0.3, -0.25) is 0 Å². The van der Waals surface area contributed by atoms with Gasteiger partial charge < -0.3 is 0 Å². The molecule has 0 aromatic carbocycles. The second kappa shape index (κ2) is 5.10. The second-order valence-electron chi connectivity index (χ2n) is 4.71. The summed E-state index contributed by atoms with van der Waals surface area (Å²) in [6.45, 7) is 9.21. The van der Waals surface area contributed by atoms with Gasteiger partial charge in [0.05, 0.1) is 0 Å². The Labute approximate surface area is 110 Å². The number of hydrogen-bond acceptors (Lipinski definition) is 0. The van der Waals surface area contributed by atoms with E-state index in [0.717, 1.165) is 11.8 Å². The van der Waals surface area contributed by atoms with Crippen molar-refractivity contribution in [2.75, 3.05) is 0 Å². The Kier molecular flexibility index (Phi) is 3.97. The molecule has 2 heterocycles. The van der Waals surface area contributed by atoms with Crippen LogP contribution in [0.1, 0.15) is 48.4 Å². The van der Waals surface area contributed by atoms with E-state index in [9.17, 15) is 0 Å². The van der Waals surface area contributed by atoms with E-state index in [0.29, 0.717) is 29.0 Å². The van der Waals surface area contributed by atoms with Crippen molar-refractivity contribution in [1.82, 2.24) is 0 Å². The summed E-state index contributed by atoms with van der Waals surface area (Å²) in [7, 11) is 0. The van der Waals surface area contributed by atoms with Crippen LogP contribution in [0.25, 0.3) is 8.87 Å². The minimum absolute atomic E-state index is 0.599. The van der Waals surface area contributed by atoms with Crippen LogP contribution in [-0.2, 0) is 0 Å². The van der Waals surface area contributed by atoms with Crippen LogP contribution in [0.3, 0.4) is 0 Å². The maximum atomic E-state index is 2.36. The van der Waals surface area contributed by atoms with Gasteiger partial charge in [-0.1, -0.05) is 0 Å². The quantitative estimate of drug-likeness (QED) is 0.745. The van der Waals surface area contributed by atoms with Gasteiger partial charge >= 0.3 is 111 Å². The third-order valence-corrected chi connectivity index (χ3v) is 9.24. The molecular formula is C14H18Se2. The zero-order chi connectivity index (χ0) is 11.7. The Bertz CT molecular complexity index is 416. The molecule has 0 saturated carbocycles. The average Bonchev–Trinajstić information content (AvgIpc) is 2.86. The van der Waals surface area contributed by atoms with Gasteiger partial charge in [0.1, 0.15) is 0 Å². The Balaban J connectivity index is 2.28. The molecule has 0 unspecified atom stereocenters. The van der Waals surface area contributed by atoms with E-state index in [2.05, 4.69) is 52.0 Å². The Morgan fingerprint density at radius 3 is 1.31 bits per heavy atom. The van der Waals surface area contributed by atoms with Gasteiger partial charge in [0.25, 0.3) is 0 Å². The van der Waals surface area contributed by atoms with Crippen molar-refractivity contribution >= 4 is 29.0 Å². The molecule has 2 aromatic heterocycles. The van der Waals surface area contributed by atoms with Crippen molar-refractivity contribution in [2.45, 2.75) is 39.5 Å². The van der Waals surface area contributed by atoms with Gasteiger partial charge in [0.15, 0.2) is 0 Å². The summed E-state index contributed by atoms with van der Waals surface area (Å²) in [5.74, 6) is 1.45. The van der Waals surface area contributed by atoms with Gasteiger partial charge in [-0.05, 0) is 0 Å². The zero-order valence-corrected chi connectivity index (χ0v) is 13.7. The van der Waals surface area contributed by atoms with E-state index < -0.39 is 0 Å². The molecule has 0 saturated heterocycles. The van der Waals surface area contributed by atoms with Crippen molar-refractivity contribution in [3.05, 3.63) is 33.1 Å². The minimum atomic E-state index is 0.599. The van der Waals surface area contributed by atoms with Crippen LogP contribution in [-0.4, -0.2) is 29.0 Å². The molecule has 86 valence electrons. The first-order chi connectivity index (χ1) is 7.58. The fourth-order valence-electron chi connectivity index (χ4n) is 1.59. The SMILES string of the molecule is CC(C)c1ccc(-c2ccc(C(C)C)[se]2)[se]1. The molecule has 0 aliphatic rings. The molecular weight excluding hydrogens is 326 g/mol. The Morgan fingerprint density at radius 2 is 1.06 bits per heavy atom. The predicted molar refractivity (Wildman–Crippen MR) is 73.9 cm³/mol. The monoisotopic (exact) mass is 346 g/mol. The first kappa shape index (κ1) is 12.5. The van der Waals surface area contributed by atoms with Crippen molar-refractivity contribution in [2.24, 2.45) is 0 Å². The summed E-state index contributed by atoms with van der Waals surface area (Å²) in [4.78, 5) is 0. The summed E-state index contributed by atoms with van der Waals surface area (Å²) >= 11 is 1.20. The topological polar surface area (TPSA) is 0 Å². The van der Waals surface area contributed by atoms with E-state index >= 15 is 0 Å². The van der Waals surface area contributed by atoms with Crippen molar-refractivity contribution < 1.29 is 0 Å². The van der Waals surface area contributed by atoms with Gasteiger partial charge in [-0.2, -0.15) is 0 Å². The molecule has 0 aliphatic carbocycles. The summed E-state index contributed by atoms with van der Waals surface area (Å²) < 4.78 is 6.56. The van der Waals surface area contributed by atoms with Gasteiger partial charge in [-0.15, -0.1) is 0 Å². The van der Waals surface area contributed by atoms with Crippen molar-refractivity contribution in [3.8, 4) is 8.87 Å². The molecule has 0 fully saturated rings. The van der Waals surface area contributed by atoms with Crippen LogP contribution >= 0.6 is 0 Å². The molecule has 16 heavy (non-hydrogen) atoms. The second-order valence-corrected chi connectivity index (χ2v) is 9.39. The molecule has 0 radical (unpaired) electrons. The van der Waals surface area contributed by atoms with Gasteiger partial charge in [0.2, 0.25) is 0 Å². The van der Waals surface area contributed by atoms with Crippen molar-refractivity contribution in [1.29, 1.82) is 0 Å². The summed E-state index contributed by atoms with van der Waals surface area (Å²) in [5, 5.41) is 0. The first-order valence-corrected chi connectivity index (χ1v) is 9.20. The third-order valence-electron chi connectivity index (χ3n) is 2.63. The molecule has 0 amide bonds. The third kappa shape index (κ3) is 2.63. The van der Waals surface area contributed by atoms with Crippen LogP contribution < -0.4 is 0 Å². The normalized spacial score (nSPS) is 11.6. The van der Waals surface area contributed by atoms with Crippen LogP contribution in [0.5, 0.6) is 0 Å². The molecule has 0 N–H and O–H groups in total. The Morgan fingerprint density at radius 1 is 0.688 bits per heavy atom. The molecule has 0 spiro atoms. The summed E-state index contributed by atoms with van der Waals surface area (Å²) in [6, 6.07) is 9.43. The molecule has 0 atom stereocenters. The van der Waals surface area contributed by atoms with E-state index in [1.165, 1.54) is 0 Å². The molecule has 0 bridgehead atoms. The fourth-order valence-corrected chi connectivity index (χ4v) is 6.40. The average molecular weight is 344 g/mol. The fraction of sp³-hybridized carbons (Fsp3) is 0.429. The zero-order valence-electron chi connectivity index (χ0n) is 10.3. The van der Waals surface area contributed by atoms with E-state index in [1.807, 2.05) is 0 Å². The first-order valence-electron chi connectivity index (χ1n) is 5.77.